The van der Waals surface area contributed by atoms with E-state index in [-0.39, 0.29) is 56.9 Å². The van der Waals surface area contributed by atoms with Crippen LogP contribution in [-0.4, -0.2) is 6.98 Å². The molecule has 0 bridgehead atoms. The summed E-state index contributed by atoms with van der Waals surface area (Å²) in [5, 5.41) is 0. The Balaban J connectivity index is 0.00000196. The molecule has 1 aromatic carbocycles. The quantitative estimate of drug-likeness (QED) is 0.493. The van der Waals surface area contributed by atoms with Crippen LogP contribution in [0.1, 0.15) is 12.5 Å². The van der Waals surface area contributed by atoms with Crippen molar-refractivity contribution in [2.24, 2.45) is 0 Å². The fourth-order valence-electron chi connectivity index (χ4n) is 1.15. The van der Waals surface area contributed by atoms with E-state index in [1.165, 1.54) is 0 Å². The summed E-state index contributed by atoms with van der Waals surface area (Å²) in [6.45, 7) is -4.02. The maximum atomic E-state index is 12.8. The zero-order chi connectivity index (χ0) is 10.9. The van der Waals surface area contributed by atoms with Crippen LogP contribution < -0.4 is 56.8 Å². The number of rotatable bonds is 2. The molecule has 1 rings (SSSR count). The fraction of sp³-hybridized carbons (Fsp3) is 0.250. The molecule has 0 spiro atoms. The van der Waals surface area contributed by atoms with Crippen LogP contribution >= 0.6 is 0 Å². The van der Waals surface area contributed by atoms with Gasteiger partial charge in [-0.1, -0.05) is 6.92 Å². The van der Waals surface area contributed by atoms with Crippen molar-refractivity contribution in [2.45, 2.75) is 13.3 Å². The Kier molecular flexibility index (Phi) is 5.99. The van der Waals surface area contributed by atoms with Gasteiger partial charge in [-0.05, 0) is 29.6 Å². The summed E-state index contributed by atoms with van der Waals surface area (Å²) in [6.07, 6.45) is 0.291. The summed E-state index contributed by atoms with van der Waals surface area (Å²) in [7, 11) is 0. The summed E-state index contributed by atoms with van der Waals surface area (Å²) >= 11 is 0. The molecule has 0 N–H and O–H groups in total. The third kappa shape index (κ3) is 3.81. The minimum Gasteiger partial charge on any atom is -0.445 e. The molecule has 0 heterocycles. The Morgan fingerprint density at radius 1 is 1.07 bits per heavy atom. The molecule has 15 heavy (non-hydrogen) atoms. The number of halogens is 5. The molecule has 7 heteroatoms. The first-order chi connectivity index (χ1) is 6.36. The van der Waals surface area contributed by atoms with Crippen molar-refractivity contribution in [3.63, 3.8) is 0 Å². The van der Waals surface area contributed by atoms with Crippen molar-refractivity contribution >= 4 is 12.4 Å². The third-order valence-electron chi connectivity index (χ3n) is 1.87. The van der Waals surface area contributed by atoms with Crippen LogP contribution in [0.4, 0.5) is 21.7 Å². The topological polar surface area (TPSA) is 0 Å². The van der Waals surface area contributed by atoms with Gasteiger partial charge in [0.15, 0.2) is 0 Å². The van der Waals surface area contributed by atoms with Gasteiger partial charge in [0.1, 0.15) is 0 Å². The molecule has 0 aliphatic heterocycles. The summed E-state index contributed by atoms with van der Waals surface area (Å²) < 4.78 is 62.1. The fourth-order valence-corrected chi connectivity index (χ4v) is 1.15. The van der Waals surface area contributed by atoms with Gasteiger partial charge in [-0.3, -0.25) is 0 Å². The van der Waals surface area contributed by atoms with Crippen molar-refractivity contribution in [2.75, 3.05) is 0 Å². The van der Waals surface area contributed by atoms with Crippen LogP contribution in [0.5, 0.6) is 0 Å². The molecule has 0 radical (unpaired) electrons. The number of benzene rings is 1. The Bertz CT molecular complexity index is 326. The zero-order valence-corrected chi connectivity index (χ0v) is 11.5. The second kappa shape index (κ2) is 5.77. The zero-order valence-electron chi connectivity index (χ0n) is 8.33. The minimum atomic E-state index is -5.63. The van der Waals surface area contributed by atoms with Crippen molar-refractivity contribution in [1.82, 2.24) is 0 Å². The van der Waals surface area contributed by atoms with E-state index in [4.69, 9.17) is 0 Å². The SMILES string of the molecule is CCc1cc(F)c([B-](F)(F)F)c(F)c1.[K+]. The van der Waals surface area contributed by atoms with Gasteiger partial charge in [-0.2, -0.15) is 0 Å². The smallest absolute Gasteiger partial charge is 0.445 e. The molecule has 0 atom stereocenters. The summed E-state index contributed by atoms with van der Waals surface area (Å²) in [5.41, 5.74) is -1.55. The third-order valence-corrected chi connectivity index (χ3v) is 1.87. The predicted molar refractivity (Wildman–Crippen MR) is 44.4 cm³/mol. The summed E-state index contributed by atoms with van der Waals surface area (Å²) in [4.78, 5) is 0. The number of hydrogen-bond donors (Lipinski definition) is 0. The van der Waals surface area contributed by atoms with Gasteiger partial charge in [-0.25, -0.2) is 8.78 Å². The van der Waals surface area contributed by atoms with E-state index in [2.05, 4.69) is 0 Å². The number of aryl methyl sites for hydroxylation is 1. The van der Waals surface area contributed by atoms with Gasteiger partial charge >= 0.3 is 58.4 Å². The Labute approximate surface area is 127 Å². The Morgan fingerprint density at radius 3 is 1.73 bits per heavy atom. The van der Waals surface area contributed by atoms with Gasteiger partial charge in [-0.15, -0.1) is 0 Å². The second-order valence-corrected chi connectivity index (χ2v) is 2.90. The molecule has 78 valence electrons. The van der Waals surface area contributed by atoms with Crippen LogP contribution in [0, 0.1) is 11.6 Å². The second-order valence-electron chi connectivity index (χ2n) is 2.90. The molecule has 1 aromatic rings. The first-order valence-corrected chi connectivity index (χ1v) is 4.04. The summed E-state index contributed by atoms with van der Waals surface area (Å²) in [6, 6.07) is 1.43. The van der Waals surface area contributed by atoms with E-state index >= 15 is 0 Å². The summed E-state index contributed by atoms with van der Waals surface area (Å²) in [5.74, 6) is -3.07. The van der Waals surface area contributed by atoms with E-state index in [1.54, 1.807) is 6.92 Å². The van der Waals surface area contributed by atoms with Crippen molar-refractivity contribution in [3.8, 4) is 0 Å². The minimum absolute atomic E-state index is 0. The molecular formula is C8H7BF5K. The van der Waals surface area contributed by atoms with Gasteiger partial charge in [0.2, 0.25) is 0 Å². The average molecular weight is 248 g/mol. The van der Waals surface area contributed by atoms with E-state index in [9.17, 15) is 21.7 Å². The molecular weight excluding hydrogens is 241 g/mol. The van der Waals surface area contributed by atoms with Crippen LogP contribution in [0.25, 0.3) is 0 Å². The molecule has 0 aliphatic rings. The van der Waals surface area contributed by atoms with Crippen LogP contribution in [0.2, 0.25) is 0 Å². The van der Waals surface area contributed by atoms with E-state index in [0.717, 1.165) is 0 Å². The molecule has 0 unspecified atom stereocenters. The van der Waals surface area contributed by atoms with Crippen molar-refractivity contribution < 1.29 is 73.1 Å². The maximum absolute atomic E-state index is 12.8. The first kappa shape index (κ1) is 15.6. The molecule has 0 nitrogen and oxygen atoms in total. The standard InChI is InChI=1S/C8H7BF5.K/c1-2-5-3-6(10)8(7(11)4-5)9(12,13)14;/h3-4H,2H2,1H3;/q-1;+1. The average Bonchev–Trinajstić information content (AvgIpc) is 1.99. The molecule has 0 amide bonds. The largest absolute Gasteiger partial charge is 1.00 e. The molecule has 0 aliphatic carbocycles. The Morgan fingerprint density at radius 2 is 1.47 bits per heavy atom. The van der Waals surface area contributed by atoms with E-state index < -0.39 is 24.1 Å². The Hall–Kier alpha value is 0.571. The number of hydrogen-bond acceptors (Lipinski definition) is 0. The van der Waals surface area contributed by atoms with Crippen LogP contribution in [0.3, 0.4) is 0 Å². The molecule has 0 saturated carbocycles. The van der Waals surface area contributed by atoms with E-state index in [1.807, 2.05) is 0 Å². The van der Waals surface area contributed by atoms with Gasteiger partial charge < -0.3 is 12.9 Å². The molecule has 0 fully saturated rings. The van der Waals surface area contributed by atoms with Gasteiger partial charge in [0.05, 0.1) is 11.6 Å². The first-order valence-electron chi connectivity index (χ1n) is 4.04. The maximum Gasteiger partial charge on any atom is 1.00 e. The van der Waals surface area contributed by atoms with Gasteiger partial charge in [0.25, 0.3) is 0 Å². The molecule has 0 saturated heterocycles. The monoisotopic (exact) mass is 248 g/mol. The van der Waals surface area contributed by atoms with Gasteiger partial charge in [0, 0.05) is 0 Å². The van der Waals surface area contributed by atoms with Crippen LogP contribution in [-0.2, 0) is 6.42 Å². The van der Waals surface area contributed by atoms with E-state index in [0.29, 0.717) is 18.6 Å². The van der Waals surface area contributed by atoms with Crippen molar-refractivity contribution in [1.29, 1.82) is 0 Å². The predicted octanol–water partition coefficient (Wildman–Crippen LogP) is -0.414. The normalized spacial score (nSPS) is 11.1. The molecule has 0 aromatic heterocycles. The van der Waals surface area contributed by atoms with Crippen molar-refractivity contribution in [3.05, 3.63) is 29.3 Å². The van der Waals surface area contributed by atoms with Crippen LogP contribution in [0.15, 0.2) is 12.1 Å².